The Kier molecular flexibility index (Phi) is 3.83. The molecule has 0 atom stereocenters. The van der Waals surface area contributed by atoms with Gasteiger partial charge in [-0.15, -0.1) is 0 Å². The summed E-state index contributed by atoms with van der Waals surface area (Å²) in [5.74, 6) is -0.366. The highest BCUT2D eigenvalue weighted by molar-refractivity contribution is 5.86. The Bertz CT molecular complexity index is 259. The minimum Gasteiger partial charge on any atom is -0.344 e. The zero-order chi connectivity index (χ0) is 12.4. The quantitative estimate of drug-likeness (QED) is 0.813. The second-order valence-electron chi connectivity index (χ2n) is 4.46. The summed E-state index contributed by atoms with van der Waals surface area (Å²) < 4.78 is 35.9. The van der Waals surface area contributed by atoms with Gasteiger partial charge >= 0.3 is 6.18 Å². The normalized spacial score (nSPS) is 19.8. The van der Waals surface area contributed by atoms with E-state index in [1.165, 1.54) is 7.05 Å². The van der Waals surface area contributed by atoms with E-state index in [4.69, 9.17) is 5.73 Å². The molecule has 1 aliphatic rings. The Labute approximate surface area is 92.8 Å². The van der Waals surface area contributed by atoms with Crippen LogP contribution in [-0.2, 0) is 4.79 Å². The van der Waals surface area contributed by atoms with Gasteiger partial charge in [-0.2, -0.15) is 13.2 Å². The summed E-state index contributed by atoms with van der Waals surface area (Å²) in [7, 11) is 1.38. The van der Waals surface area contributed by atoms with E-state index in [1.807, 2.05) is 0 Å². The van der Waals surface area contributed by atoms with Crippen LogP contribution in [-0.4, -0.2) is 36.1 Å². The van der Waals surface area contributed by atoms with Crippen LogP contribution in [0.5, 0.6) is 0 Å². The van der Waals surface area contributed by atoms with Crippen molar-refractivity contribution in [2.75, 3.05) is 13.6 Å². The average molecular weight is 238 g/mol. The van der Waals surface area contributed by atoms with E-state index in [1.54, 1.807) is 0 Å². The van der Waals surface area contributed by atoms with Gasteiger partial charge in [-0.25, -0.2) is 0 Å². The first-order valence-electron chi connectivity index (χ1n) is 5.36. The topological polar surface area (TPSA) is 46.3 Å². The molecule has 0 bridgehead atoms. The van der Waals surface area contributed by atoms with E-state index in [-0.39, 0.29) is 12.5 Å². The van der Waals surface area contributed by atoms with Crippen molar-refractivity contribution in [3.63, 3.8) is 0 Å². The van der Waals surface area contributed by atoms with Crippen molar-refractivity contribution < 1.29 is 18.0 Å². The molecule has 1 saturated carbocycles. The van der Waals surface area contributed by atoms with E-state index in [9.17, 15) is 18.0 Å². The number of rotatable bonds is 3. The molecule has 1 amide bonds. The Morgan fingerprint density at radius 3 is 2.31 bits per heavy atom. The van der Waals surface area contributed by atoms with Gasteiger partial charge in [0, 0.05) is 13.6 Å². The number of carbonyl (C=O) groups excluding carboxylic acids is 1. The zero-order valence-electron chi connectivity index (χ0n) is 9.31. The third kappa shape index (κ3) is 3.37. The smallest absolute Gasteiger partial charge is 0.344 e. The van der Waals surface area contributed by atoms with Crippen molar-refractivity contribution in [2.45, 2.75) is 43.8 Å². The molecule has 16 heavy (non-hydrogen) atoms. The second kappa shape index (κ2) is 4.61. The molecule has 0 saturated heterocycles. The summed E-state index contributed by atoms with van der Waals surface area (Å²) in [6.45, 7) is -0.318. The molecular weight excluding hydrogens is 221 g/mol. The Morgan fingerprint density at radius 1 is 1.38 bits per heavy atom. The molecule has 0 radical (unpaired) electrons. The molecule has 0 aromatic heterocycles. The van der Waals surface area contributed by atoms with Gasteiger partial charge in [0.25, 0.3) is 0 Å². The van der Waals surface area contributed by atoms with E-state index in [0.717, 1.165) is 17.7 Å². The van der Waals surface area contributed by atoms with Crippen LogP contribution in [0.4, 0.5) is 13.2 Å². The Balaban J connectivity index is 2.47. The van der Waals surface area contributed by atoms with Crippen molar-refractivity contribution in [3.05, 3.63) is 0 Å². The molecule has 0 aliphatic heterocycles. The first kappa shape index (κ1) is 13.3. The van der Waals surface area contributed by atoms with E-state index >= 15 is 0 Å². The van der Waals surface area contributed by atoms with Crippen molar-refractivity contribution >= 4 is 5.91 Å². The summed E-state index contributed by atoms with van der Waals surface area (Å²) in [5, 5.41) is 0. The van der Waals surface area contributed by atoms with Crippen LogP contribution < -0.4 is 5.73 Å². The molecule has 0 heterocycles. The van der Waals surface area contributed by atoms with Gasteiger partial charge in [-0.1, -0.05) is 12.8 Å². The molecule has 0 aromatic rings. The van der Waals surface area contributed by atoms with Crippen molar-refractivity contribution in [1.29, 1.82) is 0 Å². The number of hydrogen-bond acceptors (Lipinski definition) is 2. The van der Waals surface area contributed by atoms with Gasteiger partial charge in [0.05, 0.1) is 12.0 Å². The summed E-state index contributed by atoms with van der Waals surface area (Å²) in [6, 6.07) is 0. The minimum atomic E-state index is -4.23. The van der Waals surface area contributed by atoms with E-state index in [2.05, 4.69) is 0 Å². The van der Waals surface area contributed by atoms with Gasteiger partial charge < -0.3 is 10.6 Å². The van der Waals surface area contributed by atoms with Gasteiger partial charge in [0.1, 0.15) is 0 Å². The lowest BCUT2D eigenvalue weighted by Gasteiger charge is -2.28. The first-order valence-corrected chi connectivity index (χ1v) is 5.36. The van der Waals surface area contributed by atoms with Crippen molar-refractivity contribution in [3.8, 4) is 0 Å². The highest BCUT2D eigenvalue weighted by atomic mass is 19.4. The van der Waals surface area contributed by atoms with Crippen LogP contribution in [0.25, 0.3) is 0 Å². The largest absolute Gasteiger partial charge is 0.390 e. The molecule has 1 fully saturated rings. The second-order valence-corrected chi connectivity index (χ2v) is 4.46. The predicted octanol–water partition coefficient (Wildman–Crippen LogP) is 1.67. The molecular formula is C10H17F3N2O. The summed E-state index contributed by atoms with van der Waals surface area (Å²) >= 11 is 0. The lowest BCUT2D eigenvalue weighted by atomic mass is 9.97. The van der Waals surface area contributed by atoms with Crippen LogP contribution in [0.3, 0.4) is 0 Å². The first-order chi connectivity index (χ1) is 7.25. The van der Waals surface area contributed by atoms with Crippen molar-refractivity contribution in [2.24, 2.45) is 5.73 Å². The third-order valence-electron chi connectivity index (χ3n) is 3.00. The molecule has 0 unspecified atom stereocenters. The summed E-state index contributed by atoms with van der Waals surface area (Å²) in [6.07, 6.45) is -2.33. The molecule has 2 N–H and O–H groups in total. The molecule has 1 aliphatic carbocycles. The lowest BCUT2D eigenvalue weighted by Crippen LogP contribution is -2.52. The monoisotopic (exact) mass is 238 g/mol. The number of hydrogen-bond donors (Lipinski definition) is 1. The number of amides is 1. The van der Waals surface area contributed by atoms with Gasteiger partial charge in [-0.3, -0.25) is 4.79 Å². The van der Waals surface area contributed by atoms with Gasteiger partial charge in [0.15, 0.2) is 0 Å². The predicted molar refractivity (Wildman–Crippen MR) is 53.7 cm³/mol. The average Bonchev–Trinajstić information content (AvgIpc) is 2.60. The maximum atomic E-state index is 12.0. The number of nitrogens with zero attached hydrogens (tertiary/aromatic N) is 1. The molecule has 94 valence electrons. The number of alkyl halides is 3. The van der Waals surface area contributed by atoms with Crippen LogP contribution in [0, 0.1) is 0 Å². The summed E-state index contributed by atoms with van der Waals surface area (Å²) in [4.78, 5) is 12.9. The minimum absolute atomic E-state index is 0.318. The Morgan fingerprint density at radius 2 is 1.88 bits per heavy atom. The van der Waals surface area contributed by atoms with Crippen LogP contribution in [0.2, 0.25) is 0 Å². The van der Waals surface area contributed by atoms with Gasteiger partial charge in [0.2, 0.25) is 5.91 Å². The SMILES string of the molecule is CN(CCC(F)(F)F)C(=O)C1(N)CCCC1. The third-order valence-corrected chi connectivity index (χ3v) is 3.00. The van der Waals surface area contributed by atoms with Gasteiger partial charge in [-0.05, 0) is 12.8 Å². The standard InChI is InChI=1S/C10H17F3N2O/c1-15(7-6-10(11,12)13)8(16)9(14)4-2-3-5-9/h2-7,14H2,1H3. The van der Waals surface area contributed by atoms with Crippen LogP contribution in [0.15, 0.2) is 0 Å². The highest BCUT2D eigenvalue weighted by Gasteiger charge is 2.39. The fourth-order valence-electron chi connectivity index (χ4n) is 2.00. The fourth-order valence-corrected chi connectivity index (χ4v) is 2.00. The summed E-state index contributed by atoms with van der Waals surface area (Å²) in [5.41, 5.74) is 4.94. The van der Waals surface area contributed by atoms with Crippen LogP contribution >= 0.6 is 0 Å². The number of halogens is 3. The molecule has 0 aromatic carbocycles. The molecule has 0 spiro atoms. The molecule has 3 nitrogen and oxygen atoms in total. The number of likely N-dealkylation sites (N-methyl/N-ethyl adjacent to an activating group) is 1. The van der Waals surface area contributed by atoms with Crippen molar-refractivity contribution in [1.82, 2.24) is 4.90 Å². The number of carbonyl (C=O) groups is 1. The van der Waals surface area contributed by atoms with Crippen LogP contribution in [0.1, 0.15) is 32.1 Å². The zero-order valence-corrected chi connectivity index (χ0v) is 9.31. The van der Waals surface area contributed by atoms with E-state index < -0.39 is 18.1 Å². The molecule has 1 rings (SSSR count). The van der Waals surface area contributed by atoms with E-state index in [0.29, 0.717) is 12.8 Å². The lowest BCUT2D eigenvalue weighted by molar-refractivity contribution is -0.146. The highest BCUT2D eigenvalue weighted by Crippen LogP contribution is 2.29. The Hall–Kier alpha value is -0.780. The fraction of sp³-hybridized carbons (Fsp3) is 0.900. The molecule has 6 heteroatoms. The maximum absolute atomic E-state index is 12.0. The number of nitrogens with two attached hydrogens (primary N) is 1. The maximum Gasteiger partial charge on any atom is 0.390 e.